The molecule has 0 aliphatic heterocycles. The van der Waals surface area contributed by atoms with E-state index in [0.717, 1.165) is 4.52 Å². The molecule has 0 atom stereocenters. The van der Waals surface area contributed by atoms with Gasteiger partial charge in [-0.15, -0.1) is 20.4 Å². The number of para-hydroxylation sites is 1. The molecule has 1 aromatic carbocycles. The minimum absolute atomic E-state index is 0.168. The highest BCUT2D eigenvalue weighted by Gasteiger charge is 2.18. The van der Waals surface area contributed by atoms with Crippen LogP contribution >= 0.6 is 23.4 Å². The average Bonchev–Trinajstić information content (AvgIpc) is 3.25. The van der Waals surface area contributed by atoms with Gasteiger partial charge in [-0.3, -0.25) is 0 Å². The zero-order valence-corrected chi connectivity index (χ0v) is 15.9. The molecule has 4 rings (SSSR count). The van der Waals surface area contributed by atoms with Crippen molar-refractivity contribution in [2.75, 3.05) is 0 Å². The number of hydrogen-bond acceptors (Lipinski definition) is 7. The molecule has 0 aliphatic rings. The zero-order valence-electron chi connectivity index (χ0n) is 14.3. The molecule has 3 aromatic heterocycles. The summed E-state index contributed by atoms with van der Waals surface area (Å²) in [6, 6.07) is 10.3. The molecule has 0 amide bonds. The smallest absolute Gasteiger partial charge is 0.299 e. The highest BCUT2D eigenvalue weighted by molar-refractivity contribution is 7.99. The molecule has 0 radical (unpaired) electrons. The van der Waals surface area contributed by atoms with E-state index in [2.05, 4.69) is 25.5 Å². The van der Waals surface area contributed by atoms with Crippen LogP contribution in [0.5, 0.6) is 5.75 Å². The Morgan fingerprint density at radius 3 is 2.71 bits per heavy atom. The first-order chi connectivity index (χ1) is 13.5. The maximum Gasteiger partial charge on any atom is 0.299 e. The van der Waals surface area contributed by atoms with Crippen LogP contribution < -0.4 is 4.74 Å². The van der Waals surface area contributed by atoms with E-state index in [0.29, 0.717) is 26.8 Å². The lowest BCUT2D eigenvalue weighted by Crippen LogP contribution is -2.05. The maximum absolute atomic E-state index is 13.0. The molecule has 0 fully saturated rings. The summed E-state index contributed by atoms with van der Waals surface area (Å²) in [5, 5.41) is 21.0. The summed E-state index contributed by atoms with van der Waals surface area (Å²) in [6.45, 7) is 0.168. The van der Waals surface area contributed by atoms with Crippen molar-refractivity contribution in [1.29, 1.82) is 0 Å². The lowest BCUT2D eigenvalue weighted by Gasteiger charge is -2.07. The van der Waals surface area contributed by atoms with E-state index < -0.39 is 12.2 Å². The van der Waals surface area contributed by atoms with Gasteiger partial charge in [-0.05, 0) is 36.0 Å². The second-order valence-electron chi connectivity index (χ2n) is 5.58. The highest BCUT2D eigenvalue weighted by atomic mass is 35.5. The molecule has 0 saturated heterocycles. The van der Waals surface area contributed by atoms with Crippen LogP contribution in [0.2, 0.25) is 5.02 Å². The standard InChI is InChI=1S/C16H12ClF2N7OS/c1-25-12(8-27-10-5-3-2-4-9(10)17)21-23-16(25)28-13-7-6-11-20-22-15(14(18)19)26(11)24-13/h2-7,14H,8H2,1H3. The summed E-state index contributed by atoms with van der Waals surface area (Å²) in [7, 11) is 1.77. The normalized spacial score (nSPS) is 11.5. The molecule has 28 heavy (non-hydrogen) atoms. The Balaban J connectivity index is 1.52. The number of rotatable bonds is 6. The number of fused-ring (bicyclic) bond motifs is 1. The predicted molar refractivity (Wildman–Crippen MR) is 96.6 cm³/mol. The third kappa shape index (κ3) is 3.62. The van der Waals surface area contributed by atoms with E-state index in [1.54, 1.807) is 35.9 Å². The van der Waals surface area contributed by atoms with Crippen LogP contribution in [0.15, 0.2) is 46.6 Å². The molecule has 144 valence electrons. The molecule has 3 heterocycles. The molecule has 12 heteroatoms. The molecule has 0 aliphatic carbocycles. The molecule has 0 saturated carbocycles. The van der Waals surface area contributed by atoms with Crippen molar-refractivity contribution in [3.8, 4) is 5.75 Å². The number of halogens is 3. The van der Waals surface area contributed by atoms with E-state index in [9.17, 15) is 8.78 Å². The van der Waals surface area contributed by atoms with Crippen molar-refractivity contribution >= 4 is 29.0 Å². The van der Waals surface area contributed by atoms with E-state index in [4.69, 9.17) is 16.3 Å². The number of aromatic nitrogens is 7. The van der Waals surface area contributed by atoms with E-state index in [-0.39, 0.29) is 12.3 Å². The fourth-order valence-corrected chi connectivity index (χ4v) is 3.30. The maximum atomic E-state index is 13.0. The molecular weight excluding hydrogens is 412 g/mol. The van der Waals surface area contributed by atoms with Crippen LogP contribution in [0.1, 0.15) is 18.1 Å². The van der Waals surface area contributed by atoms with E-state index in [1.165, 1.54) is 11.8 Å². The van der Waals surface area contributed by atoms with Crippen molar-refractivity contribution in [1.82, 2.24) is 34.6 Å². The van der Waals surface area contributed by atoms with Crippen molar-refractivity contribution in [2.24, 2.45) is 7.05 Å². The summed E-state index contributed by atoms with van der Waals surface area (Å²) >= 11 is 7.24. The van der Waals surface area contributed by atoms with Gasteiger partial charge in [0.2, 0.25) is 5.82 Å². The molecule has 0 bridgehead atoms. The van der Waals surface area contributed by atoms with Gasteiger partial charge in [0.25, 0.3) is 6.43 Å². The first-order valence-electron chi connectivity index (χ1n) is 7.97. The molecular formula is C16H12ClF2N7OS. The summed E-state index contributed by atoms with van der Waals surface area (Å²) in [5.41, 5.74) is 0.242. The minimum Gasteiger partial charge on any atom is -0.484 e. The molecule has 0 unspecified atom stereocenters. The second-order valence-corrected chi connectivity index (χ2v) is 6.97. The molecule has 0 spiro atoms. The first-order valence-corrected chi connectivity index (χ1v) is 9.16. The Hall–Kier alpha value is -2.79. The number of nitrogens with zero attached hydrogens (tertiary/aromatic N) is 7. The van der Waals surface area contributed by atoms with Gasteiger partial charge >= 0.3 is 0 Å². The first kappa shape index (κ1) is 18.6. The van der Waals surface area contributed by atoms with Crippen LogP contribution in [0.3, 0.4) is 0 Å². The third-order valence-corrected chi connectivity index (χ3v) is 5.05. The van der Waals surface area contributed by atoms with Gasteiger partial charge in [0.15, 0.2) is 16.6 Å². The van der Waals surface area contributed by atoms with Crippen LogP contribution in [0.4, 0.5) is 8.78 Å². The van der Waals surface area contributed by atoms with Crippen molar-refractivity contribution in [3.63, 3.8) is 0 Å². The predicted octanol–water partition coefficient (Wildman–Crippen LogP) is 3.57. The molecule has 0 N–H and O–H groups in total. The van der Waals surface area contributed by atoms with Crippen LogP contribution in [-0.2, 0) is 13.7 Å². The number of hydrogen-bond donors (Lipinski definition) is 0. The number of benzene rings is 1. The summed E-state index contributed by atoms with van der Waals surface area (Å²) in [5.74, 6) is 0.603. The Labute approximate surface area is 166 Å². The van der Waals surface area contributed by atoms with Crippen LogP contribution in [0.25, 0.3) is 5.65 Å². The zero-order chi connectivity index (χ0) is 19.7. The molecule has 4 aromatic rings. The van der Waals surface area contributed by atoms with Crippen molar-refractivity contribution < 1.29 is 13.5 Å². The molecule has 8 nitrogen and oxygen atoms in total. The number of alkyl halides is 2. The topological polar surface area (TPSA) is 83.0 Å². The van der Waals surface area contributed by atoms with Gasteiger partial charge in [0.1, 0.15) is 17.4 Å². The average molecular weight is 424 g/mol. The van der Waals surface area contributed by atoms with Gasteiger partial charge < -0.3 is 9.30 Å². The largest absolute Gasteiger partial charge is 0.484 e. The van der Waals surface area contributed by atoms with Gasteiger partial charge in [-0.1, -0.05) is 23.7 Å². The fourth-order valence-electron chi connectivity index (χ4n) is 2.34. The SMILES string of the molecule is Cn1c(COc2ccccc2Cl)nnc1Sc1ccc2nnc(C(F)F)n2n1. The van der Waals surface area contributed by atoms with E-state index >= 15 is 0 Å². The van der Waals surface area contributed by atoms with Crippen molar-refractivity contribution in [2.45, 2.75) is 23.2 Å². The fraction of sp³-hybridized carbons (Fsp3) is 0.188. The Kier molecular flexibility index (Phi) is 5.09. The third-order valence-electron chi connectivity index (χ3n) is 3.77. The van der Waals surface area contributed by atoms with Crippen LogP contribution in [-0.4, -0.2) is 34.6 Å². The van der Waals surface area contributed by atoms with Gasteiger partial charge in [0.05, 0.1) is 5.02 Å². The second kappa shape index (κ2) is 7.68. The minimum atomic E-state index is -2.77. The highest BCUT2D eigenvalue weighted by Crippen LogP contribution is 2.27. The lowest BCUT2D eigenvalue weighted by atomic mass is 10.3. The summed E-state index contributed by atoms with van der Waals surface area (Å²) < 4.78 is 34.4. The Morgan fingerprint density at radius 2 is 1.93 bits per heavy atom. The lowest BCUT2D eigenvalue weighted by molar-refractivity contribution is 0.137. The Morgan fingerprint density at radius 1 is 1.11 bits per heavy atom. The quantitative estimate of drug-likeness (QED) is 0.468. The van der Waals surface area contributed by atoms with Gasteiger partial charge in [0, 0.05) is 7.05 Å². The van der Waals surface area contributed by atoms with Gasteiger partial charge in [-0.25, -0.2) is 8.78 Å². The Bertz CT molecular complexity index is 1130. The monoisotopic (exact) mass is 423 g/mol. The van der Waals surface area contributed by atoms with Crippen LogP contribution in [0, 0.1) is 0 Å². The van der Waals surface area contributed by atoms with E-state index in [1.807, 2.05) is 12.1 Å². The van der Waals surface area contributed by atoms with Gasteiger partial charge in [-0.2, -0.15) is 9.61 Å². The number of ether oxygens (including phenoxy) is 1. The van der Waals surface area contributed by atoms with Crippen molar-refractivity contribution in [3.05, 3.63) is 53.1 Å². The summed E-state index contributed by atoms with van der Waals surface area (Å²) in [6.07, 6.45) is -2.77. The summed E-state index contributed by atoms with van der Waals surface area (Å²) in [4.78, 5) is 0.